The number of benzene rings is 1. The van der Waals surface area contributed by atoms with E-state index in [-0.39, 0.29) is 24.0 Å². The molecule has 0 radical (unpaired) electrons. The SMILES string of the molecule is CCNC(=NCc1ccccc1N1CCOCC1)NCc1nc(C)c(C)o1.I. The van der Waals surface area contributed by atoms with Gasteiger partial charge in [-0.3, -0.25) is 0 Å². The number of para-hydroxylation sites is 1. The van der Waals surface area contributed by atoms with Crippen molar-refractivity contribution in [3.05, 3.63) is 47.2 Å². The number of ether oxygens (including phenoxy) is 1. The number of oxazole rings is 1. The highest BCUT2D eigenvalue weighted by molar-refractivity contribution is 14.0. The molecular weight excluding hydrogens is 469 g/mol. The summed E-state index contributed by atoms with van der Waals surface area (Å²) >= 11 is 0. The number of anilines is 1. The van der Waals surface area contributed by atoms with E-state index < -0.39 is 0 Å². The van der Waals surface area contributed by atoms with Gasteiger partial charge in [-0.1, -0.05) is 18.2 Å². The molecule has 0 spiro atoms. The number of aliphatic imine (C=N–C) groups is 1. The van der Waals surface area contributed by atoms with E-state index in [0.29, 0.717) is 19.0 Å². The van der Waals surface area contributed by atoms with E-state index in [1.807, 2.05) is 13.8 Å². The zero-order chi connectivity index (χ0) is 19.1. The van der Waals surface area contributed by atoms with Crippen molar-refractivity contribution < 1.29 is 9.15 Å². The van der Waals surface area contributed by atoms with Crippen LogP contribution in [0, 0.1) is 13.8 Å². The molecule has 1 aliphatic heterocycles. The van der Waals surface area contributed by atoms with Crippen molar-refractivity contribution in [1.29, 1.82) is 0 Å². The van der Waals surface area contributed by atoms with Crippen LogP contribution in [0.1, 0.15) is 29.8 Å². The number of halogens is 1. The topological polar surface area (TPSA) is 74.9 Å². The molecule has 0 bridgehead atoms. The Morgan fingerprint density at radius 2 is 1.93 bits per heavy atom. The summed E-state index contributed by atoms with van der Waals surface area (Å²) in [7, 11) is 0. The average molecular weight is 499 g/mol. The fourth-order valence-corrected chi connectivity index (χ4v) is 3.04. The fourth-order valence-electron chi connectivity index (χ4n) is 3.04. The van der Waals surface area contributed by atoms with Gasteiger partial charge in [0.1, 0.15) is 5.76 Å². The molecule has 0 saturated carbocycles. The number of morpholine rings is 1. The van der Waals surface area contributed by atoms with Gasteiger partial charge in [0.2, 0.25) is 5.89 Å². The molecule has 1 aromatic carbocycles. The molecule has 3 rings (SSSR count). The monoisotopic (exact) mass is 499 g/mol. The van der Waals surface area contributed by atoms with E-state index in [9.17, 15) is 0 Å². The molecule has 1 saturated heterocycles. The quantitative estimate of drug-likeness (QED) is 0.362. The van der Waals surface area contributed by atoms with Crippen LogP contribution in [0.4, 0.5) is 5.69 Å². The van der Waals surface area contributed by atoms with Gasteiger partial charge >= 0.3 is 0 Å². The van der Waals surface area contributed by atoms with Crippen molar-refractivity contribution >= 4 is 35.6 Å². The van der Waals surface area contributed by atoms with Crippen molar-refractivity contribution in [2.45, 2.75) is 33.9 Å². The van der Waals surface area contributed by atoms with Crippen LogP contribution < -0.4 is 15.5 Å². The smallest absolute Gasteiger partial charge is 0.214 e. The summed E-state index contributed by atoms with van der Waals surface area (Å²) in [5, 5.41) is 6.58. The first-order valence-electron chi connectivity index (χ1n) is 9.53. The van der Waals surface area contributed by atoms with Gasteiger partial charge in [0, 0.05) is 25.3 Å². The second-order valence-electron chi connectivity index (χ2n) is 6.53. The minimum absolute atomic E-state index is 0. The van der Waals surface area contributed by atoms with Crippen LogP contribution in [0.5, 0.6) is 0 Å². The predicted octanol–water partition coefficient (Wildman–Crippen LogP) is 3.00. The fraction of sp³-hybridized carbons (Fsp3) is 0.500. The first-order valence-corrected chi connectivity index (χ1v) is 9.53. The Morgan fingerprint density at radius 3 is 2.61 bits per heavy atom. The lowest BCUT2D eigenvalue weighted by molar-refractivity contribution is 0.122. The first-order chi connectivity index (χ1) is 13.2. The van der Waals surface area contributed by atoms with E-state index in [2.05, 4.69) is 51.7 Å². The van der Waals surface area contributed by atoms with Crippen LogP contribution in [-0.4, -0.2) is 43.8 Å². The molecule has 0 amide bonds. The van der Waals surface area contributed by atoms with Crippen molar-refractivity contribution in [1.82, 2.24) is 15.6 Å². The molecule has 2 aromatic rings. The Kier molecular flexibility index (Phi) is 9.04. The van der Waals surface area contributed by atoms with Gasteiger partial charge in [-0.2, -0.15) is 0 Å². The summed E-state index contributed by atoms with van der Waals surface area (Å²) in [6, 6.07) is 8.44. The van der Waals surface area contributed by atoms with Gasteiger partial charge in [0.05, 0.1) is 32.0 Å². The Labute approximate surface area is 184 Å². The van der Waals surface area contributed by atoms with Crippen molar-refractivity contribution in [3.63, 3.8) is 0 Å². The molecule has 7 nitrogen and oxygen atoms in total. The zero-order valence-electron chi connectivity index (χ0n) is 16.8. The third kappa shape index (κ3) is 6.10. The molecule has 154 valence electrons. The minimum Gasteiger partial charge on any atom is -0.444 e. The standard InChI is InChI=1S/C20H29N5O2.HI/c1-4-21-20(23-14-19-24-15(2)16(3)27-19)22-13-17-7-5-6-8-18(17)25-9-11-26-12-10-25;/h5-8H,4,9-14H2,1-3H3,(H2,21,22,23);1H. The van der Waals surface area contributed by atoms with E-state index in [4.69, 9.17) is 14.1 Å². The molecule has 2 N–H and O–H groups in total. The van der Waals surface area contributed by atoms with Crippen LogP contribution in [0.15, 0.2) is 33.7 Å². The number of guanidine groups is 1. The van der Waals surface area contributed by atoms with Crippen LogP contribution in [-0.2, 0) is 17.8 Å². The Bertz CT molecular complexity index is 752. The second-order valence-corrected chi connectivity index (χ2v) is 6.53. The van der Waals surface area contributed by atoms with Crippen LogP contribution in [0.3, 0.4) is 0 Å². The van der Waals surface area contributed by atoms with Gasteiger partial charge < -0.3 is 24.7 Å². The number of aryl methyl sites for hydroxylation is 2. The molecule has 8 heteroatoms. The highest BCUT2D eigenvalue weighted by atomic mass is 127. The van der Waals surface area contributed by atoms with E-state index in [0.717, 1.165) is 50.3 Å². The molecular formula is C20H30IN5O2. The molecule has 1 aliphatic rings. The molecule has 1 fully saturated rings. The second kappa shape index (κ2) is 11.3. The summed E-state index contributed by atoms with van der Waals surface area (Å²) in [5.41, 5.74) is 3.37. The number of hydrogen-bond acceptors (Lipinski definition) is 5. The number of rotatable bonds is 6. The van der Waals surface area contributed by atoms with Crippen LogP contribution >= 0.6 is 24.0 Å². The Morgan fingerprint density at radius 1 is 1.18 bits per heavy atom. The van der Waals surface area contributed by atoms with Gasteiger partial charge in [0.25, 0.3) is 0 Å². The number of hydrogen-bond donors (Lipinski definition) is 2. The number of aromatic nitrogens is 1. The van der Waals surface area contributed by atoms with Crippen LogP contribution in [0.25, 0.3) is 0 Å². The van der Waals surface area contributed by atoms with Gasteiger partial charge in [-0.25, -0.2) is 9.98 Å². The molecule has 28 heavy (non-hydrogen) atoms. The van der Waals surface area contributed by atoms with E-state index in [1.165, 1.54) is 11.3 Å². The Hall–Kier alpha value is -1.81. The molecule has 0 aliphatic carbocycles. The highest BCUT2D eigenvalue weighted by Crippen LogP contribution is 2.22. The molecule has 1 aromatic heterocycles. The average Bonchev–Trinajstić information content (AvgIpc) is 3.02. The lowest BCUT2D eigenvalue weighted by atomic mass is 10.1. The van der Waals surface area contributed by atoms with Gasteiger partial charge in [0.15, 0.2) is 5.96 Å². The minimum atomic E-state index is 0. The first kappa shape index (κ1) is 22.5. The summed E-state index contributed by atoms with van der Waals surface area (Å²) < 4.78 is 11.1. The van der Waals surface area contributed by atoms with E-state index >= 15 is 0 Å². The van der Waals surface area contributed by atoms with Crippen molar-refractivity contribution in [2.24, 2.45) is 4.99 Å². The maximum atomic E-state index is 5.63. The number of nitrogens with zero attached hydrogens (tertiary/aromatic N) is 3. The van der Waals surface area contributed by atoms with Crippen molar-refractivity contribution in [2.75, 3.05) is 37.7 Å². The largest absolute Gasteiger partial charge is 0.444 e. The van der Waals surface area contributed by atoms with Crippen molar-refractivity contribution in [3.8, 4) is 0 Å². The summed E-state index contributed by atoms with van der Waals surface area (Å²) in [5.74, 6) is 2.28. The summed E-state index contributed by atoms with van der Waals surface area (Å²) in [4.78, 5) is 11.5. The molecule has 0 atom stereocenters. The Balaban J connectivity index is 0.00000280. The predicted molar refractivity (Wildman–Crippen MR) is 123 cm³/mol. The lowest BCUT2D eigenvalue weighted by Crippen LogP contribution is -2.37. The van der Waals surface area contributed by atoms with Gasteiger partial charge in [-0.05, 0) is 32.4 Å². The highest BCUT2D eigenvalue weighted by Gasteiger charge is 2.14. The third-order valence-electron chi connectivity index (χ3n) is 4.58. The number of nitrogens with one attached hydrogen (secondary N) is 2. The normalized spacial score (nSPS) is 14.5. The summed E-state index contributed by atoms with van der Waals surface area (Å²) in [6.45, 7) is 11.2. The maximum absolute atomic E-state index is 5.63. The third-order valence-corrected chi connectivity index (χ3v) is 4.58. The van der Waals surface area contributed by atoms with E-state index in [1.54, 1.807) is 0 Å². The van der Waals surface area contributed by atoms with Gasteiger partial charge in [-0.15, -0.1) is 24.0 Å². The zero-order valence-corrected chi connectivity index (χ0v) is 19.2. The summed E-state index contributed by atoms with van der Waals surface area (Å²) in [6.07, 6.45) is 0. The molecule has 2 heterocycles. The molecule has 0 unspecified atom stereocenters. The van der Waals surface area contributed by atoms with Crippen LogP contribution in [0.2, 0.25) is 0 Å². The maximum Gasteiger partial charge on any atom is 0.214 e. The lowest BCUT2D eigenvalue weighted by Gasteiger charge is -2.30.